The Balaban J connectivity index is -0.000000547. The summed E-state index contributed by atoms with van der Waals surface area (Å²) >= 11 is 49.0. The number of halogens is 14. The second-order valence-corrected chi connectivity index (χ2v) is 89.0. The van der Waals surface area contributed by atoms with Gasteiger partial charge in [-0.25, -0.2) is 24.2 Å². The van der Waals surface area contributed by atoms with Crippen LogP contribution >= 0.6 is 218 Å². The number of carbonyl (C=O) groups excluding carboxylic acids is 4. The number of anilines is 4. The molecule has 5 aromatic rings. The van der Waals surface area contributed by atoms with Gasteiger partial charge < -0.3 is 30.0 Å². The number of amidine groups is 1. The van der Waals surface area contributed by atoms with Crippen LogP contribution in [0, 0.1) is 11.3 Å². The molecule has 0 atom stereocenters. The molecule has 99 heavy (non-hydrogen) atoms. The van der Waals surface area contributed by atoms with Gasteiger partial charge in [0.25, 0.3) is 0 Å². The number of nitrogens with zero attached hydrogens (tertiary/aromatic N) is 5. The van der Waals surface area contributed by atoms with Crippen LogP contribution in [0.4, 0.5) is 47.6 Å². The fourth-order valence-corrected chi connectivity index (χ4v) is 7.89. The summed E-state index contributed by atoms with van der Waals surface area (Å²) in [6.07, 6.45) is -0.338. The first kappa shape index (κ1) is 106. The zero-order chi connectivity index (χ0) is 76.2. The van der Waals surface area contributed by atoms with E-state index in [4.69, 9.17) is 87.9 Å². The summed E-state index contributed by atoms with van der Waals surface area (Å²) in [5, 5.41) is 25.6. The molecule has 557 valence electrons. The van der Waals surface area contributed by atoms with E-state index < -0.39 is 46.8 Å². The average molecular weight is 2560 g/mol. The molecule has 19 nitrogen and oxygen atoms in total. The molecule has 0 bridgehead atoms. The molecule has 7 N–H and O–H groups in total. The van der Waals surface area contributed by atoms with Gasteiger partial charge in [-0.1, -0.05) is 88.0 Å². The Morgan fingerprint density at radius 2 is 1.01 bits per heavy atom. The number of hydrogen-bond donors (Lipinski definition) is 6. The first-order chi connectivity index (χ1) is 45.4. The van der Waals surface area contributed by atoms with E-state index in [1.807, 2.05) is 118 Å². The van der Waals surface area contributed by atoms with E-state index in [2.05, 4.69) is 207 Å². The molecule has 0 saturated carbocycles. The van der Waals surface area contributed by atoms with Gasteiger partial charge in [-0.05, 0) is 223 Å². The van der Waals surface area contributed by atoms with Gasteiger partial charge in [0.2, 0.25) is 0 Å². The summed E-state index contributed by atoms with van der Waals surface area (Å²) in [7, 11) is 7.94. The second-order valence-electron chi connectivity index (χ2n) is 23.5. The van der Waals surface area contributed by atoms with Gasteiger partial charge in [0.05, 0.1) is 30.5 Å². The number of hydrogen-bond acceptors (Lipinski definition) is 15. The zero-order valence-corrected chi connectivity index (χ0v) is 83.1. The molecule has 5 aromatic carbocycles. The number of carbonyl (C=O) groups is 4. The zero-order valence-electron chi connectivity index (χ0n) is 57.1. The SMILES string of the molecule is C.CC(C)(C)OC(=O)Nc1ccc(Cl)cc1.CI.CN(CC#N)Cc1cc(Cl)ccc1NC(=O)OC(C)(C)C.CN1CC(N)=Nc2ccc(Cl)cc2C1.CN=Cc1cc(Cl)ccc1NC(=O)OC(C)(C)C.CNCc1cc(Cl)ccc1NC(=O)OC(C)(C)C.I[I-]I.[I][V]([I])[I].[I][V][I]. The number of aliphatic imine (C=N–C) groups is 2. The van der Waals surface area contributed by atoms with Gasteiger partial charge in [-0.2, -0.15) is 5.26 Å². The molecule has 0 aromatic heterocycles. The summed E-state index contributed by atoms with van der Waals surface area (Å²) in [6, 6.07) is 30.2. The van der Waals surface area contributed by atoms with Crippen molar-refractivity contribution in [3.05, 3.63) is 144 Å². The first-order valence-corrected chi connectivity index (χ1v) is 67.6. The van der Waals surface area contributed by atoms with Crippen LogP contribution in [0.5, 0.6) is 0 Å². The van der Waals surface area contributed by atoms with Crippen molar-refractivity contribution in [1.82, 2.24) is 15.1 Å². The molecule has 0 unspecified atom stereocenters. The van der Waals surface area contributed by atoms with Crippen molar-refractivity contribution in [2.24, 2.45) is 15.7 Å². The summed E-state index contributed by atoms with van der Waals surface area (Å²) in [5.74, 6) is 0.647. The van der Waals surface area contributed by atoms with E-state index in [9.17, 15) is 19.2 Å². The molecule has 0 radical (unpaired) electrons. The van der Waals surface area contributed by atoms with Gasteiger partial charge in [0.1, 0.15) is 28.2 Å². The molecule has 4 amide bonds. The maximum atomic E-state index is 11.8. The molecule has 1 aliphatic rings. The fourth-order valence-electron chi connectivity index (χ4n) is 7.00. The third-order valence-electron chi connectivity index (χ3n) is 10.1. The van der Waals surface area contributed by atoms with Crippen molar-refractivity contribution in [2.75, 3.05) is 67.5 Å². The number of nitrogens with one attached hydrogen (secondary N) is 5. The van der Waals surface area contributed by atoms with E-state index in [0.717, 1.165) is 39.5 Å². The van der Waals surface area contributed by atoms with Crippen LogP contribution in [0.3, 0.4) is 0 Å². The average Bonchev–Trinajstić information content (AvgIpc) is 1.83. The molecule has 0 spiro atoms. The molecule has 0 aliphatic carbocycles. The minimum atomic E-state index is -0.561. The minimum absolute atomic E-state index is 0. The molecule has 0 fully saturated rings. The monoisotopic (exact) mass is 2560 g/mol. The quantitative estimate of drug-likeness (QED) is 0.0251. The van der Waals surface area contributed by atoms with Gasteiger partial charge in [0.15, 0.2) is 0 Å². The van der Waals surface area contributed by atoms with E-state index >= 15 is 0 Å². The number of nitriles is 1. The van der Waals surface area contributed by atoms with Gasteiger partial charge in [0, 0.05) is 80.6 Å². The number of fused-ring (bicyclic) bond motifs is 1. The number of nitrogens with two attached hydrogens (primary N) is 1. The van der Waals surface area contributed by atoms with Gasteiger partial charge >= 0.3 is 189 Å². The van der Waals surface area contributed by atoms with Crippen LogP contribution < -0.4 is 45.6 Å². The van der Waals surface area contributed by atoms with E-state index in [-0.39, 0.29) is 12.3 Å². The first-order valence-electron chi connectivity index (χ1n) is 28.4. The Morgan fingerprint density at radius 3 is 1.41 bits per heavy atom. The van der Waals surface area contributed by atoms with E-state index in [1.54, 1.807) is 107 Å². The molecule has 6 rings (SSSR count). The number of likely N-dealkylation sites (N-methyl/N-ethyl adjacent to an activating group) is 1. The predicted molar refractivity (Wildman–Crippen MR) is 477 cm³/mol. The summed E-state index contributed by atoms with van der Waals surface area (Å²) in [6.45, 7) is 24.7. The molecule has 35 heteroatoms. The third kappa shape index (κ3) is 60.5. The van der Waals surface area contributed by atoms with Crippen LogP contribution in [0.2, 0.25) is 25.1 Å². The van der Waals surface area contributed by atoms with Crippen LogP contribution in [0.25, 0.3) is 0 Å². The van der Waals surface area contributed by atoms with Crippen LogP contribution in [-0.4, -0.2) is 115 Å². The Bertz CT molecular complexity index is 3270. The van der Waals surface area contributed by atoms with Crippen molar-refractivity contribution in [2.45, 2.75) is 133 Å². The predicted octanol–water partition coefficient (Wildman–Crippen LogP) is 21.1. The van der Waals surface area contributed by atoms with Crippen LogP contribution in [0.1, 0.15) is 113 Å². The summed E-state index contributed by atoms with van der Waals surface area (Å²) in [5.41, 5.74) is 10.8. The number of amides is 4. The molecule has 1 heterocycles. The Labute approximate surface area is 723 Å². The van der Waals surface area contributed by atoms with Crippen LogP contribution in [-0.2, 0) is 53.0 Å². The van der Waals surface area contributed by atoms with Crippen molar-refractivity contribution < 1.29 is 65.8 Å². The Hall–Kier alpha value is 0.879. The Kier molecular flexibility index (Phi) is 63.1. The Morgan fingerprint density at radius 1 is 0.657 bits per heavy atom. The molecular formula is C64H89Cl5I9N11O8V2-. The van der Waals surface area contributed by atoms with E-state index in [1.165, 1.54) is 0 Å². The molecule has 1 aliphatic heterocycles. The van der Waals surface area contributed by atoms with Crippen molar-refractivity contribution in [3.63, 3.8) is 0 Å². The number of ether oxygens (including phenoxy) is 4. The number of alkyl halides is 1. The maximum absolute atomic E-state index is 11.8. The second kappa shape index (κ2) is 58.8. The van der Waals surface area contributed by atoms with Crippen molar-refractivity contribution in [3.8, 4) is 6.07 Å². The fraction of sp³-hybridized carbons (Fsp3) is 0.422. The number of rotatable bonds is 10. The van der Waals surface area contributed by atoms with Crippen molar-refractivity contribution >= 4 is 283 Å². The summed E-state index contributed by atoms with van der Waals surface area (Å²) in [4.78, 5) is 60.4. The molecular weight excluding hydrogens is 2470 g/mol. The third-order valence-corrected chi connectivity index (χ3v) is 11.3. The van der Waals surface area contributed by atoms with Crippen molar-refractivity contribution in [1.29, 1.82) is 5.26 Å². The summed E-state index contributed by atoms with van der Waals surface area (Å²) < 4.78 is 20.7. The standard InChI is InChI=1S/C15H20ClN3O2.C13H19ClN2O2.C13H17ClN2O2.C11H14ClNO2.C10H12ClN3.CH3I.CH4.I3.5HI.2V/c1-15(2,3)21-14(20)18-13-6-5-12(16)9-11(13)10-19(4)8-7-17;2*1-13(2,3)18-12(17)16-11-6-5-10(14)7-9(11)8-15-4;1-11(2,3)15-10(14)13-9-6-4-8(12)5-7-9;1-14-5-7-4-8(11)2-3-9(7)13-10(12)6-14;1-2;;1-3-2;;;;;;;/h5-6,9H,8,10H2,1-4H3,(H,18,20);5-7,15H,8H2,1-4H3,(H,16,17);5-8H,1-4H3,(H,16,17);4-7H,1-3H3,(H,13,14);2-4H,5-6H2,1H3,(H2,12,13);1H3;1H4;;5*1H;;/q;;;;;;;-1;;;;;;+2;+3/p-5. The van der Waals surface area contributed by atoms with Crippen LogP contribution in [0.15, 0.2) is 107 Å². The number of benzene rings is 5. The molecule has 0 saturated heterocycles. The topological polar surface area (TPSA) is 246 Å². The normalized spacial score (nSPS) is 11.4. The van der Waals surface area contributed by atoms with Gasteiger partial charge in [-0.15, -0.1) is 0 Å². The van der Waals surface area contributed by atoms with Gasteiger partial charge in [-0.3, -0.25) is 36.1 Å². The van der Waals surface area contributed by atoms with E-state index in [0.29, 0.717) is 97.6 Å².